The van der Waals surface area contributed by atoms with Crippen molar-refractivity contribution in [1.29, 1.82) is 0 Å². The van der Waals surface area contributed by atoms with Gasteiger partial charge in [-0.1, -0.05) is 63.5 Å². The maximum absolute atomic E-state index is 14.7. The van der Waals surface area contributed by atoms with Crippen LogP contribution < -0.4 is 25.1 Å². The zero-order valence-corrected chi connectivity index (χ0v) is 29.4. The third-order valence-electron chi connectivity index (χ3n) is 8.31. The fourth-order valence-electron chi connectivity index (χ4n) is 5.75. The summed E-state index contributed by atoms with van der Waals surface area (Å²) >= 11 is 3.68. The maximum Gasteiger partial charge on any atom is 0.266 e. The van der Waals surface area contributed by atoms with Crippen molar-refractivity contribution in [3.63, 3.8) is 0 Å². The first-order chi connectivity index (χ1) is 24.4. The molecule has 0 saturated carbocycles. The van der Waals surface area contributed by atoms with E-state index in [-0.39, 0.29) is 25.5 Å². The number of rotatable bonds is 17. The van der Waals surface area contributed by atoms with Crippen LogP contribution in [0, 0.1) is 0 Å². The van der Waals surface area contributed by atoms with Crippen molar-refractivity contribution in [2.45, 2.75) is 37.5 Å². The van der Waals surface area contributed by atoms with Crippen LogP contribution in [0.25, 0.3) is 10.4 Å². The lowest BCUT2D eigenvalue weighted by Crippen LogP contribution is -2.54. The van der Waals surface area contributed by atoms with Crippen molar-refractivity contribution < 1.29 is 28.8 Å². The van der Waals surface area contributed by atoms with Crippen molar-refractivity contribution >= 4 is 27.7 Å². The van der Waals surface area contributed by atoms with E-state index in [1.165, 1.54) is 0 Å². The standard InChI is InChI=1S/C37H39BrN6O6/c1-47-30-16-17-33(48-2)26(22-30)18-19-40-43-36(46)37(23-27-8-3-4-9-28(27)24-41-44-39)34(31-10-5-6-11-32(31)38)50-35(42-37)25-12-14-29(15-13-25)49-21-7-20-45/h3-6,8-17,22,34,40,45H,7,18-21,23-24H2,1-2H3,(H,43,46)/t34-,37-/m0/s1. The van der Waals surface area contributed by atoms with Crippen LogP contribution >= 0.6 is 15.9 Å². The lowest BCUT2D eigenvalue weighted by atomic mass is 9.81. The van der Waals surface area contributed by atoms with Crippen molar-refractivity contribution in [2.75, 3.05) is 34.0 Å². The molecule has 1 amide bonds. The topological polar surface area (TPSA) is 159 Å². The largest absolute Gasteiger partial charge is 0.497 e. The number of hydrogen-bond acceptors (Lipinski definition) is 9. The third-order valence-corrected chi connectivity index (χ3v) is 9.03. The highest BCUT2D eigenvalue weighted by Gasteiger charge is 2.54. The number of carbonyl (C=O) groups excluding carboxylic acids is 1. The van der Waals surface area contributed by atoms with Crippen molar-refractivity contribution in [3.8, 4) is 17.2 Å². The number of nitrogens with zero attached hydrogens (tertiary/aromatic N) is 4. The Hall–Kier alpha value is -5.07. The molecule has 0 spiro atoms. The Morgan fingerprint density at radius 1 is 1.00 bits per heavy atom. The van der Waals surface area contributed by atoms with Gasteiger partial charge in [-0.05, 0) is 77.2 Å². The summed E-state index contributed by atoms with van der Waals surface area (Å²) in [5, 5.41) is 12.9. The van der Waals surface area contributed by atoms with Crippen LogP contribution in [0.3, 0.4) is 0 Å². The first-order valence-electron chi connectivity index (χ1n) is 16.1. The number of ether oxygens (including phenoxy) is 4. The summed E-state index contributed by atoms with van der Waals surface area (Å²) in [4.78, 5) is 22.7. The van der Waals surface area contributed by atoms with Gasteiger partial charge in [-0.15, -0.1) is 0 Å². The number of azide groups is 1. The molecule has 0 bridgehead atoms. The average molecular weight is 744 g/mol. The van der Waals surface area contributed by atoms with Gasteiger partial charge in [0.2, 0.25) is 5.90 Å². The van der Waals surface area contributed by atoms with Crippen molar-refractivity contribution in [2.24, 2.45) is 10.1 Å². The number of nitrogens with one attached hydrogen (secondary N) is 2. The molecule has 1 heterocycles. The van der Waals surface area contributed by atoms with Gasteiger partial charge >= 0.3 is 0 Å². The number of hydrogen-bond donors (Lipinski definition) is 3. The van der Waals surface area contributed by atoms with E-state index in [1.54, 1.807) is 26.4 Å². The summed E-state index contributed by atoms with van der Waals surface area (Å²) in [5.74, 6) is 1.93. The molecule has 4 aromatic carbocycles. The van der Waals surface area contributed by atoms with E-state index in [0.717, 1.165) is 26.7 Å². The Balaban J connectivity index is 1.52. The molecule has 5 rings (SSSR count). The Bertz CT molecular complexity index is 1850. The van der Waals surface area contributed by atoms with E-state index >= 15 is 0 Å². The number of hydrazine groups is 1. The van der Waals surface area contributed by atoms with Gasteiger partial charge in [0.1, 0.15) is 17.2 Å². The number of aliphatic hydroxyl groups is 1. The van der Waals surface area contributed by atoms with E-state index in [4.69, 9.17) is 34.6 Å². The van der Waals surface area contributed by atoms with Gasteiger partial charge in [0.05, 0.1) is 27.4 Å². The monoisotopic (exact) mass is 742 g/mol. The maximum atomic E-state index is 14.7. The molecule has 2 atom stereocenters. The second-order valence-corrected chi connectivity index (χ2v) is 12.3. The summed E-state index contributed by atoms with van der Waals surface area (Å²) in [6.45, 7) is 0.917. The zero-order valence-electron chi connectivity index (χ0n) is 27.8. The number of methoxy groups -OCH3 is 2. The van der Waals surface area contributed by atoms with Gasteiger partial charge in [0.15, 0.2) is 11.6 Å². The molecular weight excluding hydrogens is 704 g/mol. The lowest BCUT2D eigenvalue weighted by molar-refractivity contribution is -0.130. The first kappa shape index (κ1) is 36.2. The molecule has 260 valence electrons. The molecular formula is C37H39BrN6O6. The second kappa shape index (κ2) is 17.5. The summed E-state index contributed by atoms with van der Waals surface area (Å²) in [6.07, 6.45) is 0.347. The number of carbonyl (C=O) groups is 1. The molecule has 1 aliphatic heterocycles. The molecule has 0 fully saturated rings. The van der Waals surface area contributed by atoms with Gasteiger partial charge in [0.25, 0.3) is 5.91 Å². The predicted octanol–water partition coefficient (Wildman–Crippen LogP) is 6.40. The van der Waals surface area contributed by atoms with E-state index in [1.807, 2.05) is 78.9 Å². The third kappa shape index (κ3) is 8.55. The highest BCUT2D eigenvalue weighted by atomic mass is 79.9. The molecule has 12 nitrogen and oxygen atoms in total. The molecule has 0 aliphatic carbocycles. The molecule has 3 N–H and O–H groups in total. The van der Waals surface area contributed by atoms with Crippen LogP contribution in [-0.2, 0) is 28.9 Å². The first-order valence-corrected chi connectivity index (χ1v) is 16.9. The summed E-state index contributed by atoms with van der Waals surface area (Å²) in [5.41, 5.74) is 17.5. The zero-order chi connectivity index (χ0) is 35.3. The number of halogens is 1. The van der Waals surface area contributed by atoms with Crippen LogP contribution in [0.15, 0.2) is 106 Å². The Morgan fingerprint density at radius 3 is 2.46 bits per heavy atom. The Kier molecular flexibility index (Phi) is 12.7. The van der Waals surface area contributed by atoms with E-state index < -0.39 is 17.6 Å². The number of amides is 1. The summed E-state index contributed by atoms with van der Waals surface area (Å²) in [7, 11) is 3.22. The summed E-state index contributed by atoms with van der Waals surface area (Å²) < 4.78 is 24.1. The quantitative estimate of drug-likeness (QED) is 0.0371. The van der Waals surface area contributed by atoms with Gasteiger partial charge in [-0.3, -0.25) is 10.2 Å². The van der Waals surface area contributed by atoms with Gasteiger partial charge < -0.3 is 24.1 Å². The van der Waals surface area contributed by atoms with Crippen LogP contribution in [-0.4, -0.2) is 56.4 Å². The highest BCUT2D eigenvalue weighted by Crippen LogP contribution is 2.45. The average Bonchev–Trinajstić information content (AvgIpc) is 3.53. The molecule has 1 aliphatic rings. The highest BCUT2D eigenvalue weighted by molar-refractivity contribution is 9.10. The van der Waals surface area contributed by atoms with Gasteiger partial charge in [0, 0.05) is 46.5 Å². The van der Waals surface area contributed by atoms with Crippen LogP contribution in [0.4, 0.5) is 0 Å². The van der Waals surface area contributed by atoms with Crippen LogP contribution in [0.1, 0.15) is 40.3 Å². The second-order valence-electron chi connectivity index (χ2n) is 11.5. The molecule has 4 aromatic rings. The van der Waals surface area contributed by atoms with Crippen molar-refractivity contribution in [3.05, 3.63) is 134 Å². The minimum atomic E-state index is -1.50. The SMILES string of the molecule is COc1ccc(OC)c(CCNNC(=O)[C@@]2(Cc3ccccc3CN=[N+]=[N-])N=C(c3ccc(OCCCO)cc3)O[C@H]2c2ccccc2Br)c1. The smallest absolute Gasteiger partial charge is 0.266 e. The lowest BCUT2D eigenvalue weighted by Gasteiger charge is -2.32. The Morgan fingerprint density at radius 2 is 1.74 bits per heavy atom. The molecule has 0 unspecified atom stereocenters. The van der Waals surface area contributed by atoms with Gasteiger partial charge in [-0.2, -0.15) is 0 Å². The number of aliphatic hydroxyl groups excluding tert-OH is 1. The molecule has 13 heteroatoms. The van der Waals surface area contributed by atoms with E-state index in [9.17, 15) is 4.79 Å². The fraction of sp³-hybridized carbons (Fsp3) is 0.297. The van der Waals surface area contributed by atoms with Crippen molar-refractivity contribution in [1.82, 2.24) is 10.9 Å². The fourth-order valence-corrected chi connectivity index (χ4v) is 6.25. The molecule has 50 heavy (non-hydrogen) atoms. The van der Waals surface area contributed by atoms with Crippen LogP contribution in [0.5, 0.6) is 17.2 Å². The molecule has 0 radical (unpaired) electrons. The summed E-state index contributed by atoms with van der Waals surface area (Å²) in [6, 6.07) is 27.9. The Labute approximate surface area is 299 Å². The minimum absolute atomic E-state index is 0.0410. The van der Waals surface area contributed by atoms with E-state index in [0.29, 0.717) is 48.8 Å². The molecule has 0 saturated heterocycles. The minimum Gasteiger partial charge on any atom is -0.497 e. The van der Waals surface area contributed by atoms with E-state index in [2.05, 4.69) is 36.8 Å². The number of benzene rings is 4. The predicted molar refractivity (Wildman–Crippen MR) is 193 cm³/mol. The molecule has 0 aromatic heterocycles. The normalized spacial score (nSPS) is 16.5. The van der Waals surface area contributed by atoms with Gasteiger partial charge in [-0.25, -0.2) is 10.4 Å². The number of aliphatic imine (C=N–C) groups is 1. The van der Waals surface area contributed by atoms with Crippen LogP contribution in [0.2, 0.25) is 0 Å².